The number of carbonyl (C=O) groups excluding carboxylic acids is 1. The first-order valence-electron chi connectivity index (χ1n) is 11.9. The van der Waals surface area contributed by atoms with Crippen LogP contribution in [-0.4, -0.2) is 22.3 Å². The lowest BCUT2D eigenvalue weighted by Crippen LogP contribution is -2.18. The van der Waals surface area contributed by atoms with Crippen LogP contribution in [0.4, 0.5) is 0 Å². The second-order valence-corrected chi connectivity index (χ2v) is 8.82. The van der Waals surface area contributed by atoms with Crippen molar-refractivity contribution < 1.29 is 9.53 Å². The Hall–Kier alpha value is -4.71. The predicted molar refractivity (Wildman–Crippen MR) is 141 cm³/mol. The molecule has 6 rings (SSSR count). The molecule has 1 aliphatic rings. The molecule has 0 saturated carbocycles. The highest BCUT2D eigenvalue weighted by atomic mass is 16.5. The molecule has 1 amide bonds. The summed E-state index contributed by atoms with van der Waals surface area (Å²) in [4.78, 5) is 12.7. The van der Waals surface area contributed by atoms with E-state index in [2.05, 4.69) is 51.1 Å². The minimum atomic E-state index is -0.354. The van der Waals surface area contributed by atoms with Gasteiger partial charge in [-0.25, -0.2) is 5.43 Å². The fourth-order valence-electron chi connectivity index (χ4n) is 4.70. The van der Waals surface area contributed by atoms with Crippen molar-refractivity contribution in [1.29, 1.82) is 0 Å². The highest BCUT2D eigenvalue weighted by Crippen LogP contribution is 2.36. The molecule has 1 aliphatic carbocycles. The first-order valence-corrected chi connectivity index (χ1v) is 11.9. The Kier molecular flexibility index (Phi) is 5.75. The SMILES string of the molecule is O=C(NN=Cc1cccc(OCc2ccccc2)c1)c1cc(-c2ccc3c4c(cccc24)CC3)n[nH]1. The predicted octanol–water partition coefficient (Wildman–Crippen LogP) is 5.67. The molecule has 1 heterocycles. The van der Waals surface area contributed by atoms with E-state index in [0.29, 0.717) is 12.3 Å². The summed E-state index contributed by atoms with van der Waals surface area (Å²) in [7, 11) is 0. The van der Waals surface area contributed by atoms with E-state index in [9.17, 15) is 4.79 Å². The van der Waals surface area contributed by atoms with Gasteiger partial charge in [0.05, 0.1) is 11.9 Å². The third kappa shape index (κ3) is 4.36. The molecule has 0 fully saturated rings. The molecule has 36 heavy (non-hydrogen) atoms. The first-order chi connectivity index (χ1) is 17.7. The number of hydrogen-bond donors (Lipinski definition) is 2. The largest absolute Gasteiger partial charge is 0.489 e. The molecule has 0 spiro atoms. The summed E-state index contributed by atoms with van der Waals surface area (Å²) in [6.45, 7) is 0.486. The molecule has 0 aliphatic heterocycles. The van der Waals surface area contributed by atoms with Gasteiger partial charge >= 0.3 is 0 Å². The van der Waals surface area contributed by atoms with E-state index in [1.165, 1.54) is 21.9 Å². The molecule has 6 heteroatoms. The average molecular weight is 473 g/mol. The fourth-order valence-corrected chi connectivity index (χ4v) is 4.70. The number of carbonyl (C=O) groups is 1. The zero-order valence-electron chi connectivity index (χ0n) is 19.6. The van der Waals surface area contributed by atoms with Gasteiger partial charge in [-0.1, -0.05) is 72.8 Å². The Bertz CT molecular complexity index is 1580. The van der Waals surface area contributed by atoms with Gasteiger partial charge in [0, 0.05) is 5.56 Å². The molecular formula is C30H24N4O2. The van der Waals surface area contributed by atoms with E-state index in [-0.39, 0.29) is 5.91 Å². The standard InChI is InChI=1S/C30H24N4O2/c35-30(34-31-18-21-8-4-10-24(16-21)36-19-20-6-2-1-3-7-20)28-17-27(32-33-28)25-15-14-23-13-12-22-9-5-11-26(25)29(22)23/h1-11,14-18H,12-13,19H2,(H,32,33)(H,34,35). The van der Waals surface area contributed by atoms with Gasteiger partial charge in [-0.05, 0) is 64.1 Å². The summed E-state index contributed by atoms with van der Waals surface area (Å²) in [5.41, 5.74) is 9.35. The number of benzene rings is 4. The zero-order chi connectivity index (χ0) is 24.3. The number of aryl methyl sites for hydroxylation is 2. The molecule has 6 nitrogen and oxygen atoms in total. The van der Waals surface area contributed by atoms with Gasteiger partial charge in [0.15, 0.2) is 0 Å². The lowest BCUT2D eigenvalue weighted by Gasteiger charge is -2.06. The zero-order valence-corrected chi connectivity index (χ0v) is 19.6. The minimum absolute atomic E-state index is 0.352. The molecule has 0 atom stereocenters. The second kappa shape index (κ2) is 9.50. The van der Waals surface area contributed by atoms with Gasteiger partial charge in [0.1, 0.15) is 18.1 Å². The normalized spacial score (nSPS) is 12.3. The number of aromatic nitrogens is 2. The number of nitrogens with zero attached hydrogens (tertiary/aromatic N) is 2. The quantitative estimate of drug-likeness (QED) is 0.237. The number of hydrogen-bond acceptors (Lipinski definition) is 4. The van der Waals surface area contributed by atoms with E-state index in [1.807, 2.05) is 54.6 Å². The number of H-pyrrole nitrogens is 1. The third-order valence-corrected chi connectivity index (χ3v) is 6.46. The first kappa shape index (κ1) is 21.8. The molecule has 1 aromatic heterocycles. The van der Waals surface area contributed by atoms with Crippen LogP contribution in [0.25, 0.3) is 22.0 Å². The van der Waals surface area contributed by atoms with Crippen molar-refractivity contribution >= 4 is 22.9 Å². The van der Waals surface area contributed by atoms with Crippen molar-refractivity contribution in [2.45, 2.75) is 19.4 Å². The van der Waals surface area contributed by atoms with Crippen molar-refractivity contribution in [2.24, 2.45) is 5.10 Å². The molecule has 0 unspecified atom stereocenters. The van der Waals surface area contributed by atoms with Crippen LogP contribution >= 0.6 is 0 Å². The molecule has 0 radical (unpaired) electrons. The molecule has 5 aromatic rings. The van der Waals surface area contributed by atoms with Crippen molar-refractivity contribution in [1.82, 2.24) is 15.6 Å². The van der Waals surface area contributed by atoms with Crippen molar-refractivity contribution in [3.05, 3.63) is 119 Å². The van der Waals surface area contributed by atoms with Gasteiger partial charge in [0.25, 0.3) is 5.91 Å². The molecule has 4 aromatic carbocycles. The maximum Gasteiger partial charge on any atom is 0.289 e. The van der Waals surface area contributed by atoms with E-state index < -0.39 is 0 Å². The summed E-state index contributed by atoms with van der Waals surface area (Å²) in [6.07, 6.45) is 3.74. The summed E-state index contributed by atoms with van der Waals surface area (Å²) in [5, 5.41) is 13.9. The topological polar surface area (TPSA) is 79.4 Å². The summed E-state index contributed by atoms with van der Waals surface area (Å²) in [6, 6.07) is 30.0. The van der Waals surface area contributed by atoms with Crippen LogP contribution in [0.1, 0.15) is 32.7 Å². The van der Waals surface area contributed by atoms with Crippen molar-refractivity contribution in [3.63, 3.8) is 0 Å². The molecular weight excluding hydrogens is 448 g/mol. The van der Waals surface area contributed by atoms with Gasteiger partial charge < -0.3 is 4.74 Å². The number of ether oxygens (including phenoxy) is 1. The summed E-state index contributed by atoms with van der Waals surface area (Å²) < 4.78 is 5.86. The Balaban J connectivity index is 1.12. The monoisotopic (exact) mass is 472 g/mol. The van der Waals surface area contributed by atoms with Crippen molar-refractivity contribution in [3.8, 4) is 17.0 Å². The third-order valence-electron chi connectivity index (χ3n) is 6.46. The Labute approximate surface area is 208 Å². The lowest BCUT2D eigenvalue weighted by molar-refractivity contribution is 0.0950. The average Bonchev–Trinajstić information content (AvgIpc) is 3.58. The van der Waals surface area contributed by atoms with Crippen LogP contribution in [0, 0.1) is 0 Å². The van der Waals surface area contributed by atoms with E-state index >= 15 is 0 Å². The molecule has 0 saturated heterocycles. The van der Waals surface area contributed by atoms with Crippen LogP contribution < -0.4 is 10.2 Å². The number of amides is 1. The maximum absolute atomic E-state index is 12.7. The number of aromatic amines is 1. The number of rotatable bonds is 7. The van der Waals surface area contributed by atoms with Gasteiger partial charge in [0.2, 0.25) is 0 Å². The molecule has 0 bridgehead atoms. The second-order valence-electron chi connectivity index (χ2n) is 8.82. The fraction of sp³-hybridized carbons (Fsp3) is 0.100. The molecule has 176 valence electrons. The smallest absolute Gasteiger partial charge is 0.289 e. The molecule has 2 N–H and O–H groups in total. The highest BCUT2D eigenvalue weighted by molar-refractivity contribution is 6.02. The van der Waals surface area contributed by atoms with E-state index in [1.54, 1.807) is 12.3 Å². The Morgan fingerprint density at radius 2 is 1.78 bits per heavy atom. The van der Waals surface area contributed by atoms with Gasteiger partial charge in [-0.3, -0.25) is 9.89 Å². The van der Waals surface area contributed by atoms with Gasteiger partial charge in [-0.2, -0.15) is 10.2 Å². The number of hydrazone groups is 1. The van der Waals surface area contributed by atoms with Crippen LogP contribution in [0.2, 0.25) is 0 Å². The van der Waals surface area contributed by atoms with E-state index in [4.69, 9.17) is 4.74 Å². The maximum atomic E-state index is 12.7. The summed E-state index contributed by atoms with van der Waals surface area (Å²) in [5.74, 6) is 0.380. The van der Waals surface area contributed by atoms with Gasteiger partial charge in [-0.15, -0.1) is 0 Å². The lowest BCUT2D eigenvalue weighted by atomic mass is 9.98. The number of nitrogens with one attached hydrogen (secondary N) is 2. The Morgan fingerprint density at radius 1 is 0.944 bits per heavy atom. The Morgan fingerprint density at radius 3 is 2.67 bits per heavy atom. The van der Waals surface area contributed by atoms with Crippen LogP contribution in [0.3, 0.4) is 0 Å². The van der Waals surface area contributed by atoms with Crippen LogP contribution in [0.5, 0.6) is 5.75 Å². The van der Waals surface area contributed by atoms with E-state index in [0.717, 1.165) is 41.0 Å². The summed E-state index contributed by atoms with van der Waals surface area (Å²) >= 11 is 0. The van der Waals surface area contributed by atoms with Crippen LogP contribution in [-0.2, 0) is 19.4 Å². The van der Waals surface area contributed by atoms with Crippen molar-refractivity contribution in [2.75, 3.05) is 0 Å². The van der Waals surface area contributed by atoms with Crippen LogP contribution in [0.15, 0.2) is 96.1 Å². The minimum Gasteiger partial charge on any atom is -0.489 e. The highest BCUT2D eigenvalue weighted by Gasteiger charge is 2.18.